The predicted octanol–water partition coefficient (Wildman–Crippen LogP) is 2.76. The molecule has 0 amide bonds. The van der Waals surface area contributed by atoms with Crippen molar-refractivity contribution in [3.63, 3.8) is 0 Å². The third-order valence-electron chi connectivity index (χ3n) is 3.06. The minimum atomic E-state index is -0.0423. The molecule has 0 bridgehead atoms. The number of rotatable bonds is 2. The van der Waals surface area contributed by atoms with Crippen LogP contribution in [0, 0.1) is 12.8 Å². The second-order valence-electron chi connectivity index (χ2n) is 4.04. The van der Waals surface area contributed by atoms with Crippen molar-refractivity contribution >= 4 is 11.3 Å². The Balaban J connectivity index is 2.01. The van der Waals surface area contributed by atoms with E-state index in [1.807, 2.05) is 0 Å². The lowest BCUT2D eigenvalue weighted by molar-refractivity contribution is 0.132. The summed E-state index contributed by atoms with van der Waals surface area (Å²) in [6.45, 7) is 2.16. The lowest BCUT2D eigenvalue weighted by atomic mass is 9.96. The van der Waals surface area contributed by atoms with Gasteiger partial charge < -0.3 is 5.11 Å². The Morgan fingerprint density at radius 3 is 2.85 bits per heavy atom. The molecule has 1 heterocycles. The van der Waals surface area contributed by atoms with Gasteiger partial charge in [-0.15, -0.1) is 0 Å². The summed E-state index contributed by atoms with van der Waals surface area (Å²) in [6.07, 6.45) is 4.45. The van der Waals surface area contributed by atoms with E-state index in [0.717, 1.165) is 12.8 Å². The fourth-order valence-electron chi connectivity index (χ4n) is 2.13. The van der Waals surface area contributed by atoms with Crippen LogP contribution in [0.2, 0.25) is 0 Å². The average molecular weight is 196 g/mol. The number of aliphatic hydroxyl groups excluding tert-OH is 1. The molecule has 2 atom stereocenters. The van der Waals surface area contributed by atoms with Crippen LogP contribution in [0.4, 0.5) is 0 Å². The van der Waals surface area contributed by atoms with Crippen molar-refractivity contribution in [2.75, 3.05) is 0 Å². The highest BCUT2D eigenvalue weighted by Crippen LogP contribution is 2.30. The van der Waals surface area contributed by atoms with E-state index in [4.69, 9.17) is 0 Å². The van der Waals surface area contributed by atoms with E-state index in [2.05, 4.69) is 17.7 Å². The van der Waals surface area contributed by atoms with Crippen molar-refractivity contribution in [2.45, 2.75) is 38.7 Å². The molecule has 2 heteroatoms. The number of hydrogen-bond acceptors (Lipinski definition) is 2. The van der Waals surface area contributed by atoms with Crippen molar-refractivity contribution in [1.82, 2.24) is 0 Å². The van der Waals surface area contributed by atoms with Gasteiger partial charge in [0.05, 0.1) is 6.10 Å². The summed E-state index contributed by atoms with van der Waals surface area (Å²) >= 11 is 1.77. The second kappa shape index (κ2) is 3.81. The molecule has 1 aliphatic carbocycles. The molecule has 72 valence electrons. The number of hydrogen-bond donors (Lipinski definition) is 1. The monoisotopic (exact) mass is 196 g/mol. The zero-order valence-corrected chi connectivity index (χ0v) is 8.81. The van der Waals surface area contributed by atoms with Crippen LogP contribution < -0.4 is 0 Å². The summed E-state index contributed by atoms with van der Waals surface area (Å²) in [7, 11) is 0. The van der Waals surface area contributed by atoms with Gasteiger partial charge in [0.15, 0.2) is 0 Å². The Labute approximate surface area is 83.4 Å². The minimum absolute atomic E-state index is 0.0423. The van der Waals surface area contributed by atoms with Crippen LogP contribution in [0.1, 0.15) is 30.4 Å². The molecule has 2 unspecified atom stereocenters. The van der Waals surface area contributed by atoms with Gasteiger partial charge in [0.25, 0.3) is 0 Å². The summed E-state index contributed by atoms with van der Waals surface area (Å²) in [4.78, 5) is 0. The summed E-state index contributed by atoms with van der Waals surface area (Å²) in [6, 6.07) is 0. The third kappa shape index (κ3) is 1.94. The topological polar surface area (TPSA) is 20.2 Å². The lowest BCUT2D eigenvalue weighted by Gasteiger charge is -2.13. The Morgan fingerprint density at radius 2 is 2.31 bits per heavy atom. The van der Waals surface area contributed by atoms with E-state index < -0.39 is 0 Å². The first-order valence-electron chi connectivity index (χ1n) is 4.97. The highest BCUT2D eigenvalue weighted by Gasteiger charge is 2.25. The maximum absolute atomic E-state index is 9.68. The quantitative estimate of drug-likeness (QED) is 0.771. The zero-order valence-electron chi connectivity index (χ0n) is 7.99. The highest BCUT2D eigenvalue weighted by molar-refractivity contribution is 7.08. The van der Waals surface area contributed by atoms with Gasteiger partial charge >= 0.3 is 0 Å². The first-order valence-corrected chi connectivity index (χ1v) is 5.91. The van der Waals surface area contributed by atoms with E-state index in [1.54, 1.807) is 11.3 Å². The Hall–Kier alpha value is -0.340. The van der Waals surface area contributed by atoms with Crippen LogP contribution in [-0.2, 0) is 6.42 Å². The van der Waals surface area contributed by atoms with Gasteiger partial charge in [-0.25, -0.2) is 0 Å². The number of thiophene rings is 1. The molecule has 1 N–H and O–H groups in total. The third-order valence-corrected chi connectivity index (χ3v) is 3.97. The fourth-order valence-corrected chi connectivity index (χ4v) is 3.00. The normalized spacial score (nSPS) is 28.2. The van der Waals surface area contributed by atoms with Crippen LogP contribution in [0.3, 0.4) is 0 Å². The second-order valence-corrected chi connectivity index (χ2v) is 4.79. The summed E-state index contributed by atoms with van der Waals surface area (Å²) in [5.74, 6) is 0.522. The average Bonchev–Trinajstić information content (AvgIpc) is 2.65. The van der Waals surface area contributed by atoms with E-state index in [-0.39, 0.29) is 6.10 Å². The molecule has 1 saturated carbocycles. The molecule has 1 aromatic rings. The van der Waals surface area contributed by atoms with Gasteiger partial charge in [0.2, 0.25) is 0 Å². The van der Waals surface area contributed by atoms with Gasteiger partial charge in [-0.3, -0.25) is 0 Å². The van der Waals surface area contributed by atoms with Crippen LogP contribution in [0.15, 0.2) is 10.8 Å². The number of aryl methyl sites for hydroxylation is 1. The van der Waals surface area contributed by atoms with Crippen LogP contribution in [0.25, 0.3) is 0 Å². The van der Waals surface area contributed by atoms with Gasteiger partial charge in [-0.1, -0.05) is 6.42 Å². The Morgan fingerprint density at radius 1 is 1.46 bits per heavy atom. The molecule has 2 rings (SSSR count). The zero-order chi connectivity index (χ0) is 9.26. The molecule has 1 nitrogen and oxygen atoms in total. The molecule has 13 heavy (non-hydrogen) atoms. The van der Waals surface area contributed by atoms with Crippen LogP contribution in [-0.4, -0.2) is 11.2 Å². The minimum Gasteiger partial charge on any atom is -0.393 e. The van der Waals surface area contributed by atoms with Crippen molar-refractivity contribution in [2.24, 2.45) is 5.92 Å². The first kappa shape index (κ1) is 9.22. The number of aliphatic hydroxyl groups is 1. The smallest absolute Gasteiger partial charge is 0.0571 e. The standard InChI is InChI=1S/C11H16OS/c1-8-6-13-7-10(8)5-9-3-2-4-11(9)12/h6-7,9,11-12H,2-5H2,1H3. The van der Waals surface area contributed by atoms with Crippen molar-refractivity contribution in [1.29, 1.82) is 0 Å². The first-order chi connectivity index (χ1) is 6.27. The molecule has 0 aromatic carbocycles. The van der Waals surface area contributed by atoms with Gasteiger partial charge in [0.1, 0.15) is 0 Å². The molecule has 1 aromatic heterocycles. The lowest BCUT2D eigenvalue weighted by Crippen LogP contribution is -2.15. The molecule has 0 saturated heterocycles. The van der Waals surface area contributed by atoms with E-state index in [0.29, 0.717) is 5.92 Å². The largest absolute Gasteiger partial charge is 0.393 e. The highest BCUT2D eigenvalue weighted by atomic mass is 32.1. The van der Waals surface area contributed by atoms with E-state index >= 15 is 0 Å². The predicted molar refractivity (Wildman–Crippen MR) is 56.1 cm³/mol. The SMILES string of the molecule is Cc1cscc1CC1CCCC1O. The molecule has 0 aliphatic heterocycles. The maximum Gasteiger partial charge on any atom is 0.0571 e. The molecule has 0 radical (unpaired) electrons. The van der Waals surface area contributed by atoms with Gasteiger partial charge in [-0.05, 0) is 54.0 Å². The molecular weight excluding hydrogens is 180 g/mol. The van der Waals surface area contributed by atoms with Crippen molar-refractivity contribution in [3.8, 4) is 0 Å². The molecule has 0 spiro atoms. The fraction of sp³-hybridized carbons (Fsp3) is 0.636. The van der Waals surface area contributed by atoms with E-state index in [1.165, 1.54) is 24.0 Å². The van der Waals surface area contributed by atoms with Gasteiger partial charge in [-0.2, -0.15) is 11.3 Å². The van der Waals surface area contributed by atoms with E-state index in [9.17, 15) is 5.11 Å². The summed E-state index contributed by atoms with van der Waals surface area (Å²) in [5.41, 5.74) is 2.83. The van der Waals surface area contributed by atoms with Crippen molar-refractivity contribution in [3.05, 3.63) is 21.9 Å². The van der Waals surface area contributed by atoms with Crippen molar-refractivity contribution < 1.29 is 5.11 Å². The van der Waals surface area contributed by atoms with Crippen LogP contribution >= 0.6 is 11.3 Å². The van der Waals surface area contributed by atoms with Crippen LogP contribution in [0.5, 0.6) is 0 Å². The Kier molecular flexibility index (Phi) is 2.70. The molecule has 1 aliphatic rings. The van der Waals surface area contributed by atoms with Gasteiger partial charge in [0, 0.05) is 0 Å². The summed E-state index contributed by atoms with van der Waals surface area (Å²) < 4.78 is 0. The summed E-state index contributed by atoms with van der Waals surface area (Å²) in [5, 5.41) is 14.1. The molecular formula is C11H16OS. The Bertz CT molecular complexity index is 279. The molecule has 1 fully saturated rings. The maximum atomic E-state index is 9.68.